The molecule has 0 saturated carbocycles. The molecule has 0 bridgehead atoms. The number of rotatable bonds is 2. The summed E-state index contributed by atoms with van der Waals surface area (Å²) in [6.07, 6.45) is 8.75. The summed E-state index contributed by atoms with van der Waals surface area (Å²) in [6, 6.07) is 0. The number of nitrogens with zero attached hydrogens (tertiary/aromatic N) is 2. The van der Waals surface area contributed by atoms with Crippen molar-refractivity contribution in [1.82, 2.24) is 9.97 Å². The van der Waals surface area contributed by atoms with Crippen LogP contribution in [0.5, 0.6) is 0 Å². The molecule has 0 radical (unpaired) electrons. The fourth-order valence-electron chi connectivity index (χ4n) is 0.677. The molecule has 0 saturated heterocycles. The molecule has 0 spiro atoms. The van der Waals surface area contributed by atoms with E-state index < -0.39 is 0 Å². The normalized spacial score (nSPS) is 11.2. The highest BCUT2D eigenvalue weighted by Crippen LogP contribution is 2.01. The van der Waals surface area contributed by atoms with Crippen molar-refractivity contribution in [3.63, 3.8) is 0 Å². The number of allylic oxidation sites excluding steroid dienone is 2. The van der Waals surface area contributed by atoms with Crippen LogP contribution in [0.2, 0.25) is 0 Å². The van der Waals surface area contributed by atoms with E-state index in [-0.39, 0.29) is 0 Å². The minimum atomic E-state index is 0.866. The van der Waals surface area contributed by atoms with E-state index in [0.29, 0.717) is 0 Å². The van der Waals surface area contributed by atoms with Crippen LogP contribution in [0, 0.1) is 0 Å². The van der Waals surface area contributed by atoms with Crippen LogP contribution in [-0.2, 0) is 0 Å². The molecule has 0 unspecified atom stereocenters. The second-order valence-electron chi connectivity index (χ2n) is 2.22. The first-order chi connectivity index (χ1) is 5.33. The number of hydrogen-bond donors (Lipinski definition) is 0. The summed E-state index contributed by atoms with van der Waals surface area (Å²) in [6.45, 7) is 5.61. The van der Waals surface area contributed by atoms with E-state index in [2.05, 4.69) is 16.5 Å². The van der Waals surface area contributed by atoms with E-state index in [0.717, 1.165) is 11.3 Å². The summed E-state index contributed by atoms with van der Waals surface area (Å²) in [5, 5.41) is 0. The van der Waals surface area contributed by atoms with E-state index in [1.54, 1.807) is 24.7 Å². The van der Waals surface area contributed by atoms with Gasteiger partial charge in [0.05, 0.1) is 11.9 Å². The van der Waals surface area contributed by atoms with Crippen LogP contribution >= 0.6 is 0 Å². The van der Waals surface area contributed by atoms with Gasteiger partial charge >= 0.3 is 0 Å². The highest BCUT2D eigenvalue weighted by atomic mass is 14.8. The predicted molar refractivity (Wildman–Crippen MR) is 45.9 cm³/mol. The van der Waals surface area contributed by atoms with Gasteiger partial charge in [-0.15, -0.1) is 0 Å². The summed E-state index contributed by atoms with van der Waals surface area (Å²) in [4.78, 5) is 8.01. The summed E-state index contributed by atoms with van der Waals surface area (Å²) in [5.74, 6) is 0. The molecule has 1 heterocycles. The Morgan fingerprint density at radius 2 is 2.36 bits per heavy atom. The van der Waals surface area contributed by atoms with Gasteiger partial charge in [0.15, 0.2) is 0 Å². The van der Waals surface area contributed by atoms with Crippen molar-refractivity contribution in [3.05, 3.63) is 42.5 Å². The van der Waals surface area contributed by atoms with Gasteiger partial charge in [-0.3, -0.25) is 9.97 Å². The lowest BCUT2D eigenvalue weighted by molar-refractivity contribution is 1.18. The second-order valence-corrected chi connectivity index (χ2v) is 2.22. The molecule has 11 heavy (non-hydrogen) atoms. The Hall–Kier alpha value is -1.44. The first-order valence-corrected chi connectivity index (χ1v) is 3.39. The van der Waals surface area contributed by atoms with E-state index in [1.165, 1.54) is 0 Å². The second kappa shape index (κ2) is 3.66. The molecule has 0 N–H and O–H groups in total. The van der Waals surface area contributed by atoms with Crippen LogP contribution in [0.15, 0.2) is 36.8 Å². The zero-order chi connectivity index (χ0) is 8.10. The van der Waals surface area contributed by atoms with Gasteiger partial charge in [-0.25, -0.2) is 0 Å². The Kier molecular flexibility index (Phi) is 2.55. The lowest BCUT2D eigenvalue weighted by Gasteiger charge is -1.91. The predicted octanol–water partition coefficient (Wildman–Crippen LogP) is 2.07. The minimum absolute atomic E-state index is 0.866. The van der Waals surface area contributed by atoms with Gasteiger partial charge in [-0.1, -0.05) is 12.7 Å². The SMILES string of the molecule is C=CC(C)=Cc1cnccn1. The molecule has 1 rings (SSSR count). The van der Waals surface area contributed by atoms with Gasteiger partial charge < -0.3 is 0 Å². The summed E-state index contributed by atoms with van der Waals surface area (Å²) >= 11 is 0. The van der Waals surface area contributed by atoms with Crippen LogP contribution in [0.1, 0.15) is 12.6 Å². The van der Waals surface area contributed by atoms with Gasteiger partial charge in [0.2, 0.25) is 0 Å². The first kappa shape index (κ1) is 7.66. The maximum Gasteiger partial charge on any atom is 0.0815 e. The molecule has 0 fully saturated rings. The van der Waals surface area contributed by atoms with Crippen LogP contribution in [0.3, 0.4) is 0 Å². The van der Waals surface area contributed by atoms with E-state index in [4.69, 9.17) is 0 Å². The molecule has 0 aliphatic rings. The minimum Gasteiger partial charge on any atom is -0.261 e. The van der Waals surface area contributed by atoms with Crippen molar-refractivity contribution in [1.29, 1.82) is 0 Å². The van der Waals surface area contributed by atoms with E-state index >= 15 is 0 Å². The Morgan fingerprint density at radius 3 is 2.91 bits per heavy atom. The maximum absolute atomic E-state index is 4.08. The zero-order valence-electron chi connectivity index (χ0n) is 6.49. The molecule has 0 amide bonds. The molecule has 0 atom stereocenters. The topological polar surface area (TPSA) is 25.8 Å². The first-order valence-electron chi connectivity index (χ1n) is 3.39. The Morgan fingerprint density at radius 1 is 1.55 bits per heavy atom. The fraction of sp³-hybridized carbons (Fsp3) is 0.111. The average Bonchev–Trinajstić information content (AvgIpc) is 2.06. The lowest BCUT2D eigenvalue weighted by atomic mass is 10.2. The van der Waals surface area contributed by atoms with Crippen molar-refractivity contribution < 1.29 is 0 Å². The summed E-state index contributed by atoms with van der Waals surface area (Å²) in [7, 11) is 0. The van der Waals surface area contributed by atoms with Crippen LogP contribution in [0.4, 0.5) is 0 Å². The fourth-order valence-corrected chi connectivity index (χ4v) is 0.677. The average molecular weight is 146 g/mol. The van der Waals surface area contributed by atoms with Crippen molar-refractivity contribution in [2.75, 3.05) is 0 Å². The van der Waals surface area contributed by atoms with Crippen LogP contribution < -0.4 is 0 Å². The Labute approximate surface area is 66.3 Å². The van der Waals surface area contributed by atoms with Crippen LogP contribution in [0.25, 0.3) is 6.08 Å². The molecule has 1 aromatic rings. The van der Waals surface area contributed by atoms with Crippen molar-refractivity contribution in [3.8, 4) is 0 Å². The summed E-state index contributed by atoms with van der Waals surface area (Å²) < 4.78 is 0. The molecule has 2 nitrogen and oxygen atoms in total. The van der Waals surface area contributed by atoms with Gasteiger partial charge in [-0.05, 0) is 18.6 Å². The smallest absolute Gasteiger partial charge is 0.0815 e. The molecular weight excluding hydrogens is 136 g/mol. The largest absolute Gasteiger partial charge is 0.261 e. The molecular formula is C9H10N2. The Bertz CT molecular complexity index is 262. The maximum atomic E-state index is 4.08. The number of hydrogen-bond acceptors (Lipinski definition) is 2. The highest BCUT2D eigenvalue weighted by molar-refractivity contribution is 5.49. The van der Waals surface area contributed by atoms with Gasteiger partial charge in [0.1, 0.15) is 0 Å². The van der Waals surface area contributed by atoms with E-state index in [1.807, 2.05) is 13.0 Å². The molecule has 2 heteroatoms. The molecule has 56 valence electrons. The number of aromatic nitrogens is 2. The van der Waals surface area contributed by atoms with Crippen molar-refractivity contribution in [2.24, 2.45) is 0 Å². The third-order valence-corrected chi connectivity index (χ3v) is 1.28. The third-order valence-electron chi connectivity index (χ3n) is 1.28. The standard InChI is InChI=1S/C9H10N2/c1-3-8(2)6-9-7-10-4-5-11-9/h3-7H,1H2,2H3. The Balaban J connectivity index is 2.87. The summed E-state index contributed by atoms with van der Waals surface area (Å²) in [5.41, 5.74) is 1.95. The highest BCUT2D eigenvalue weighted by Gasteiger charge is 1.86. The van der Waals surface area contributed by atoms with Gasteiger partial charge in [-0.2, -0.15) is 0 Å². The lowest BCUT2D eigenvalue weighted by Crippen LogP contribution is -1.81. The van der Waals surface area contributed by atoms with Gasteiger partial charge in [0, 0.05) is 12.4 Å². The van der Waals surface area contributed by atoms with Crippen LogP contribution in [-0.4, -0.2) is 9.97 Å². The zero-order valence-corrected chi connectivity index (χ0v) is 6.49. The van der Waals surface area contributed by atoms with E-state index in [9.17, 15) is 0 Å². The van der Waals surface area contributed by atoms with Crippen molar-refractivity contribution in [2.45, 2.75) is 6.92 Å². The molecule has 0 aliphatic carbocycles. The molecule has 1 aromatic heterocycles. The molecule has 0 aromatic carbocycles. The molecule has 0 aliphatic heterocycles. The monoisotopic (exact) mass is 146 g/mol. The van der Waals surface area contributed by atoms with Gasteiger partial charge in [0.25, 0.3) is 0 Å². The quantitative estimate of drug-likeness (QED) is 0.597. The van der Waals surface area contributed by atoms with Crippen molar-refractivity contribution >= 4 is 6.08 Å². The third kappa shape index (κ3) is 2.34.